The molecule has 1 unspecified atom stereocenters. The highest BCUT2D eigenvalue weighted by molar-refractivity contribution is 5.71. The number of unbranched alkanes of at least 4 members (excludes halogenated alkanes) is 55. The van der Waals surface area contributed by atoms with Crippen LogP contribution in [-0.4, -0.2) is 37.2 Å². The van der Waals surface area contributed by atoms with E-state index in [2.05, 4.69) is 32.9 Å². The summed E-state index contributed by atoms with van der Waals surface area (Å²) in [5.74, 6) is -0.834. The summed E-state index contributed by atoms with van der Waals surface area (Å²) >= 11 is 0. The normalized spacial score (nSPS) is 12.0. The largest absolute Gasteiger partial charge is 0.462 e. The SMILES string of the molecule is CCCCCCCCC/C=C\CCCCCCCCCC(=O)OC(COC(=O)CCCCCCCCCCCCCCCC)COC(=O)CCCCCCCCCCCCCCCCCCCCCCCCCCCCCCC. The molecule has 0 amide bonds. The summed E-state index contributed by atoms with van der Waals surface area (Å²) in [6.07, 6.45) is 82.5. The van der Waals surface area contributed by atoms with E-state index in [4.69, 9.17) is 14.2 Å². The second-order valence-electron chi connectivity index (χ2n) is 24.9. The molecule has 6 nitrogen and oxygen atoms in total. The van der Waals surface area contributed by atoms with Gasteiger partial charge in [-0.1, -0.05) is 367 Å². The molecule has 6 heteroatoms. The molecule has 0 aromatic heterocycles. The van der Waals surface area contributed by atoms with Gasteiger partial charge in [-0.3, -0.25) is 14.4 Å². The first-order chi connectivity index (χ1) is 39.0. The van der Waals surface area contributed by atoms with Crippen molar-refractivity contribution in [3.8, 4) is 0 Å². The van der Waals surface area contributed by atoms with Crippen LogP contribution < -0.4 is 0 Å². The average molecular weight is 1110 g/mol. The van der Waals surface area contributed by atoms with Gasteiger partial charge in [-0.2, -0.15) is 0 Å². The highest BCUT2D eigenvalue weighted by atomic mass is 16.6. The lowest BCUT2D eigenvalue weighted by Crippen LogP contribution is -2.30. The molecule has 0 aliphatic heterocycles. The van der Waals surface area contributed by atoms with Crippen molar-refractivity contribution in [1.82, 2.24) is 0 Å². The molecule has 0 saturated heterocycles. The number of allylic oxidation sites excluding steroid dienone is 2. The van der Waals surface area contributed by atoms with Crippen molar-refractivity contribution in [2.24, 2.45) is 0 Å². The zero-order valence-electron chi connectivity index (χ0n) is 53.9. The molecule has 0 N–H and O–H groups in total. The summed E-state index contributed by atoms with van der Waals surface area (Å²) in [4.78, 5) is 38.4. The van der Waals surface area contributed by atoms with E-state index in [-0.39, 0.29) is 31.1 Å². The predicted molar refractivity (Wildman–Crippen MR) is 344 cm³/mol. The molecular formula is C73H140O6. The molecule has 468 valence electrons. The highest BCUT2D eigenvalue weighted by Crippen LogP contribution is 2.19. The molecule has 1 atom stereocenters. The second kappa shape index (κ2) is 68.6. The van der Waals surface area contributed by atoms with Crippen molar-refractivity contribution in [1.29, 1.82) is 0 Å². The van der Waals surface area contributed by atoms with Gasteiger partial charge >= 0.3 is 17.9 Å². The van der Waals surface area contributed by atoms with Gasteiger partial charge in [-0.25, -0.2) is 0 Å². The summed E-state index contributed by atoms with van der Waals surface area (Å²) in [6.45, 7) is 6.73. The fourth-order valence-corrected chi connectivity index (χ4v) is 11.3. The van der Waals surface area contributed by atoms with E-state index in [9.17, 15) is 14.4 Å². The quantitative estimate of drug-likeness (QED) is 0.0261. The topological polar surface area (TPSA) is 78.9 Å². The van der Waals surface area contributed by atoms with Crippen molar-refractivity contribution in [2.75, 3.05) is 13.2 Å². The minimum absolute atomic E-state index is 0.0649. The number of rotatable bonds is 68. The van der Waals surface area contributed by atoms with Crippen LogP contribution in [0.15, 0.2) is 12.2 Å². The lowest BCUT2D eigenvalue weighted by atomic mass is 10.0. The second-order valence-corrected chi connectivity index (χ2v) is 24.9. The molecule has 0 heterocycles. The van der Waals surface area contributed by atoms with E-state index in [0.717, 1.165) is 57.8 Å². The fourth-order valence-electron chi connectivity index (χ4n) is 11.3. The van der Waals surface area contributed by atoms with Crippen molar-refractivity contribution in [3.63, 3.8) is 0 Å². The first-order valence-corrected chi connectivity index (χ1v) is 36.2. The Morgan fingerprint density at radius 1 is 0.241 bits per heavy atom. The molecule has 0 fully saturated rings. The number of hydrogen-bond acceptors (Lipinski definition) is 6. The Morgan fingerprint density at radius 3 is 0.633 bits per heavy atom. The minimum atomic E-state index is -0.769. The van der Waals surface area contributed by atoms with Crippen LogP contribution in [0.5, 0.6) is 0 Å². The zero-order valence-corrected chi connectivity index (χ0v) is 53.9. The third-order valence-electron chi connectivity index (χ3n) is 16.8. The molecule has 0 saturated carbocycles. The molecule has 0 aliphatic carbocycles. The van der Waals surface area contributed by atoms with Gasteiger partial charge in [0.2, 0.25) is 0 Å². The van der Waals surface area contributed by atoms with Crippen molar-refractivity contribution >= 4 is 17.9 Å². The Bertz CT molecular complexity index is 1230. The van der Waals surface area contributed by atoms with Crippen LogP contribution in [0.25, 0.3) is 0 Å². The van der Waals surface area contributed by atoms with Gasteiger partial charge in [0, 0.05) is 19.3 Å². The van der Waals surface area contributed by atoms with Gasteiger partial charge in [0.05, 0.1) is 0 Å². The predicted octanol–water partition coefficient (Wildman–Crippen LogP) is 24.8. The van der Waals surface area contributed by atoms with Crippen LogP contribution in [-0.2, 0) is 28.6 Å². The van der Waals surface area contributed by atoms with E-state index < -0.39 is 6.10 Å². The van der Waals surface area contributed by atoms with E-state index in [0.29, 0.717) is 19.3 Å². The van der Waals surface area contributed by atoms with E-state index in [1.807, 2.05) is 0 Å². The van der Waals surface area contributed by atoms with Gasteiger partial charge in [-0.05, 0) is 44.9 Å². The van der Waals surface area contributed by atoms with Crippen LogP contribution in [0.2, 0.25) is 0 Å². The fraction of sp³-hybridized carbons (Fsp3) is 0.932. The summed E-state index contributed by atoms with van der Waals surface area (Å²) in [5.41, 5.74) is 0. The number of esters is 3. The van der Waals surface area contributed by atoms with Gasteiger partial charge in [0.1, 0.15) is 13.2 Å². The molecule has 0 radical (unpaired) electrons. The maximum Gasteiger partial charge on any atom is 0.306 e. The molecule has 0 aromatic rings. The number of hydrogen-bond donors (Lipinski definition) is 0. The van der Waals surface area contributed by atoms with E-state index >= 15 is 0 Å². The maximum atomic E-state index is 12.9. The summed E-state index contributed by atoms with van der Waals surface area (Å²) < 4.78 is 17.0. The lowest BCUT2D eigenvalue weighted by Gasteiger charge is -2.18. The molecule has 79 heavy (non-hydrogen) atoms. The standard InChI is InChI=1S/C73H140O6/c1-4-7-10-13-16-19-22-25-28-30-32-33-34-35-36-37-38-39-40-41-42-44-45-48-51-54-57-60-63-66-72(75)78-69-70(68-77-71(74)65-62-59-56-53-50-47-27-24-21-18-15-12-9-6-3)79-73(76)67-64-61-58-55-52-49-46-43-31-29-26-23-20-17-14-11-8-5-2/h29,31,70H,4-28,30,32-69H2,1-3H3/b31-29-. The number of ether oxygens (including phenoxy) is 3. The molecule has 0 spiro atoms. The van der Waals surface area contributed by atoms with Crippen molar-refractivity contribution in [3.05, 3.63) is 12.2 Å². The van der Waals surface area contributed by atoms with Gasteiger partial charge < -0.3 is 14.2 Å². The smallest absolute Gasteiger partial charge is 0.306 e. The average Bonchev–Trinajstić information content (AvgIpc) is 3.45. The van der Waals surface area contributed by atoms with Crippen LogP contribution in [0.1, 0.15) is 419 Å². The lowest BCUT2D eigenvalue weighted by molar-refractivity contribution is -0.167. The minimum Gasteiger partial charge on any atom is -0.462 e. The first kappa shape index (κ1) is 77.2. The Morgan fingerprint density at radius 2 is 0.418 bits per heavy atom. The van der Waals surface area contributed by atoms with Crippen LogP contribution in [0.4, 0.5) is 0 Å². The molecular weight excluding hydrogens is 973 g/mol. The van der Waals surface area contributed by atoms with Crippen LogP contribution >= 0.6 is 0 Å². The molecule has 0 bridgehead atoms. The zero-order chi connectivity index (χ0) is 57.1. The van der Waals surface area contributed by atoms with Crippen LogP contribution in [0.3, 0.4) is 0 Å². The Kier molecular flexibility index (Phi) is 67.0. The third kappa shape index (κ3) is 66.8. The van der Waals surface area contributed by atoms with Gasteiger partial charge in [0.25, 0.3) is 0 Å². The van der Waals surface area contributed by atoms with E-state index in [1.54, 1.807) is 0 Å². The number of carbonyl (C=O) groups is 3. The van der Waals surface area contributed by atoms with Crippen LogP contribution in [0, 0.1) is 0 Å². The van der Waals surface area contributed by atoms with Gasteiger partial charge in [0.15, 0.2) is 6.10 Å². The monoisotopic (exact) mass is 1110 g/mol. The van der Waals surface area contributed by atoms with Crippen molar-refractivity contribution in [2.45, 2.75) is 425 Å². The highest BCUT2D eigenvalue weighted by Gasteiger charge is 2.19. The molecule has 0 aromatic carbocycles. The summed E-state index contributed by atoms with van der Waals surface area (Å²) in [5, 5.41) is 0. The summed E-state index contributed by atoms with van der Waals surface area (Å²) in [7, 11) is 0. The Hall–Kier alpha value is -1.85. The summed E-state index contributed by atoms with van der Waals surface area (Å²) in [6, 6.07) is 0. The molecule has 0 aliphatic rings. The maximum absolute atomic E-state index is 12.9. The Labute approximate surface area is 494 Å². The third-order valence-corrected chi connectivity index (χ3v) is 16.8. The van der Waals surface area contributed by atoms with Gasteiger partial charge in [-0.15, -0.1) is 0 Å². The molecule has 0 rings (SSSR count). The van der Waals surface area contributed by atoms with Crippen molar-refractivity contribution < 1.29 is 28.6 Å². The Balaban J connectivity index is 4.16. The number of carbonyl (C=O) groups excluding carboxylic acids is 3. The van der Waals surface area contributed by atoms with E-state index in [1.165, 1.54) is 321 Å². The first-order valence-electron chi connectivity index (χ1n) is 36.2.